The summed E-state index contributed by atoms with van der Waals surface area (Å²) in [4.78, 5) is 0. The fraction of sp³-hybridized carbons (Fsp3) is 0.920. The summed E-state index contributed by atoms with van der Waals surface area (Å²) in [6.45, 7) is 12.6. The lowest BCUT2D eigenvalue weighted by Crippen LogP contribution is -1.97. The summed E-state index contributed by atoms with van der Waals surface area (Å²) in [5.41, 5.74) is 0. The van der Waals surface area contributed by atoms with E-state index in [1.54, 1.807) is 0 Å². The van der Waals surface area contributed by atoms with Crippen LogP contribution in [0.3, 0.4) is 0 Å². The zero-order valence-electron chi connectivity index (χ0n) is 18.7. The lowest BCUT2D eigenvalue weighted by molar-refractivity contribution is 0.125. The van der Waals surface area contributed by atoms with Crippen LogP contribution < -0.4 is 0 Å². The third-order valence-electron chi connectivity index (χ3n) is 5.03. The minimum Gasteiger partial charge on any atom is -0.381 e. The number of rotatable bonds is 21. The topological polar surface area (TPSA) is 9.23 Å². The van der Waals surface area contributed by atoms with Gasteiger partial charge in [0.2, 0.25) is 0 Å². The summed E-state index contributed by atoms with van der Waals surface area (Å²) in [6.07, 6.45) is 26.7. The Hall–Kier alpha value is -0.300. The molecule has 0 unspecified atom stereocenters. The van der Waals surface area contributed by atoms with Crippen LogP contribution in [-0.4, -0.2) is 13.2 Å². The number of unbranched alkanes of at least 4 members (excludes halogenated alkanes) is 17. The van der Waals surface area contributed by atoms with Crippen molar-refractivity contribution in [1.82, 2.24) is 0 Å². The zero-order valence-corrected chi connectivity index (χ0v) is 18.7. The Labute approximate surface area is 167 Å². The molecule has 0 saturated carbocycles. The van der Waals surface area contributed by atoms with Gasteiger partial charge < -0.3 is 4.74 Å². The van der Waals surface area contributed by atoms with Gasteiger partial charge in [0.25, 0.3) is 0 Å². The van der Waals surface area contributed by atoms with Gasteiger partial charge >= 0.3 is 0 Å². The number of hydrogen-bond donors (Lipinski definition) is 0. The molecule has 0 amide bonds. The molecule has 0 aromatic rings. The minimum absolute atomic E-state index is 0.993. The lowest BCUT2D eigenvalue weighted by Gasteiger charge is -2.05. The van der Waals surface area contributed by atoms with Crippen LogP contribution in [0.25, 0.3) is 0 Å². The monoisotopic (exact) mass is 368 g/mol. The summed E-state index contributed by atoms with van der Waals surface area (Å²) in [5.74, 6) is 0. The van der Waals surface area contributed by atoms with Crippen molar-refractivity contribution in [3.63, 3.8) is 0 Å². The molecule has 1 nitrogen and oxygen atoms in total. The average molecular weight is 369 g/mol. The molecule has 0 fully saturated rings. The van der Waals surface area contributed by atoms with Crippen molar-refractivity contribution in [3.05, 3.63) is 13.2 Å². The predicted octanol–water partition coefficient (Wildman–Crippen LogP) is 9.26. The summed E-state index contributed by atoms with van der Waals surface area (Å²) < 4.78 is 5.76. The van der Waals surface area contributed by atoms with Crippen LogP contribution in [0.5, 0.6) is 0 Å². The molecule has 0 aliphatic rings. The fourth-order valence-electron chi connectivity index (χ4n) is 3.31. The number of hydrogen-bond acceptors (Lipinski definition) is 1. The van der Waals surface area contributed by atoms with E-state index in [-0.39, 0.29) is 0 Å². The predicted molar refractivity (Wildman–Crippen MR) is 121 cm³/mol. The van der Waals surface area contributed by atoms with Gasteiger partial charge in [-0.1, -0.05) is 123 Å². The molecule has 158 valence electrons. The molecular formula is C25H52O. The maximum atomic E-state index is 5.76. The van der Waals surface area contributed by atoms with E-state index in [0.717, 1.165) is 13.2 Å². The minimum atomic E-state index is 0.993. The zero-order chi connectivity index (χ0) is 19.6. The third-order valence-corrected chi connectivity index (χ3v) is 5.03. The second-order valence-electron chi connectivity index (χ2n) is 7.62. The highest BCUT2D eigenvalue weighted by molar-refractivity contribution is 4.49. The van der Waals surface area contributed by atoms with Gasteiger partial charge in [0, 0.05) is 13.2 Å². The van der Waals surface area contributed by atoms with E-state index in [1.165, 1.54) is 122 Å². The highest BCUT2D eigenvalue weighted by Crippen LogP contribution is 2.11. The molecule has 26 heavy (non-hydrogen) atoms. The molecule has 0 atom stereocenters. The van der Waals surface area contributed by atoms with Gasteiger partial charge in [-0.2, -0.15) is 0 Å². The average Bonchev–Trinajstić information content (AvgIpc) is 2.68. The molecule has 0 spiro atoms. The Morgan fingerprint density at radius 3 is 0.885 bits per heavy atom. The maximum absolute atomic E-state index is 5.76. The van der Waals surface area contributed by atoms with E-state index in [4.69, 9.17) is 4.74 Å². The Bertz CT molecular complexity index is 192. The van der Waals surface area contributed by atoms with Crippen LogP contribution >= 0.6 is 0 Å². The second-order valence-corrected chi connectivity index (χ2v) is 7.62. The van der Waals surface area contributed by atoms with Crippen LogP contribution in [0.4, 0.5) is 0 Å². The molecular weight excluding hydrogens is 316 g/mol. The molecule has 0 heterocycles. The van der Waals surface area contributed by atoms with Gasteiger partial charge in [-0.25, -0.2) is 0 Å². The van der Waals surface area contributed by atoms with Crippen LogP contribution in [-0.2, 0) is 4.74 Å². The standard InChI is InChI=1S/C23H48O.C2H4/c1-3-5-7-9-11-13-14-15-17-19-21-23-24-22-20-18-16-12-10-8-6-4-2;1-2/h3-23H2,1-2H3;1-2H2. The molecule has 0 bridgehead atoms. The molecule has 0 aliphatic carbocycles. The van der Waals surface area contributed by atoms with Gasteiger partial charge in [-0.05, 0) is 12.8 Å². The van der Waals surface area contributed by atoms with Gasteiger partial charge in [0.05, 0.1) is 0 Å². The molecule has 0 aliphatic heterocycles. The Morgan fingerprint density at radius 1 is 0.385 bits per heavy atom. The van der Waals surface area contributed by atoms with Crippen molar-refractivity contribution in [2.75, 3.05) is 13.2 Å². The first-order chi connectivity index (χ1) is 12.9. The first-order valence-electron chi connectivity index (χ1n) is 12.0. The fourth-order valence-corrected chi connectivity index (χ4v) is 3.31. The van der Waals surface area contributed by atoms with E-state index in [2.05, 4.69) is 27.0 Å². The van der Waals surface area contributed by atoms with Crippen molar-refractivity contribution in [1.29, 1.82) is 0 Å². The van der Waals surface area contributed by atoms with E-state index in [1.807, 2.05) is 0 Å². The van der Waals surface area contributed by atoms with E-state index >= 15 is 0 Å². The molecule has 0 aromatic heterocycles. The molecule has 0 radical (unpaired) electrons. The number of ether oxygens (including phenoxy) is 1. The van der Waals surface area contributed by atoms with Gasteiger partial charge in [0.1, 0.15) is 0 Å². The van der Waals surface area contributed by atoms with Crippen LogP contribution in [0.1, 0.15) is 136 Å². The second kappa shape index (κ2) is 29.5. The van der Waals surface area contributed by atoms with Gasteiger partial charge in [-0.15, -0.1) is 13.2 Å². The lowest BCUT2D eigenvalue weighted by atomic mass is 10.1. The molecule has 0 rings (SSSR count). The molecule has 0 saturated heterocycles. The molecule has 0 N–H and O–H groups in total. The summed E-state index contributed by atoms with van der Waals surface area (Å²) in [5, 5.41) is 0. The smallest absolute Gasteiger partial charge is 0.0466 e. The summed E-state index contributed by atoms with van der Waals surface area (Å²) in [7, 11) is 0. The van der Waals surface area contributed by atoms with Crippen molar-refractivity contribution in [2.45, 2.75) is 136 Å². The Kier molecular flexibility index (Phi) is 31.6. The van der Waals surface area contributed by atoms with Crippen molar-refractivity contribution < 1.29 is 4.74 Å². The summed E-state index contributed by atoms with van der Waals surface area (Å²) in [6, 6.07) is 0. The highest BCUT2D eigenvalue weighted by atomic mass is 16.5. The quantitative estimate of drug-likeness (QED) is 0.145. The summed E-state index contributed by atoms with van der Waals surface area (Å²) >= 11 is 0. The third kappa shape index (κ3) is 28.5. The first kappa shape index (κ1) is 27.9. The van der Waals surface area contributed by atoms with Crippen LogP contribution in [0, 0.1) is 0 Å². The van der Waals surface area contributed by atoms with Crippen LogP contribution in [0.15, 0.2) is 13.2 Å². The highest BCUT2D eigenvalue weighted by Gasteiger charge is 1.95. The van der Waals surface area contributed by atoms with E-state index in [9.17, 15) is 0 Å². The van der Waals surface area contributed by atoms with E-state index < -0.39 is 0 Å². The van der Waals surface area contributed by atoms with Crippen molar-refractivity contribution >= 4 is 0 Å². The Balaban J connectivity index is 0. The van der Waals surface area contributed by atoms with Gasteiger partial charge in [-0.3, -0.25) is 0 Å². The normalized spacial score (nSPS) is 10.5. The molecule has 0 aromatic carbocycles. The van der Waals surface area contributed by atoms with Crippen molar-refractivity contribution in [2.24, 2.45) is 0 Å². The Morgan fingerprint density at radius 2 is 0.615 bits per heavy atom. The van der Waals surface area contributed by atoms with Crippen LogP contribution in [0.2, 0.25) is 0 Å². The van der Waals surface area contributed by atoms with E-state index in [0.29, 0.717) is 0 Å². The first-order valence-corrected chi connectivity index (χ1v) is 12.0. The van der Waals surface area contributed by atoms with Crippen molar-refractivity contribution in [3.8, 4) is 0 Å². The molecule has 1 heteroatoms. The largest absolute Gasteiger partial charge is 0.381 e. The maximum Gasteiger partial charge on any atom is 0.0466 e. The van der Waals surface area contributed by atoms with Gasteiger partial charge in [0.15, 0.2) is 0 Å². The SMILES string of the molecule is C=C.CCCCCCCCCCCCCOCCCCCCCCCC.